The van der Waals surface area contributed by atoms with E-state index in [1.165, 1.54) is 7.11 Å². The van der Waals surface area contributed by atoms with Crippen molar-refractivity contribution in [1.29, 1.82) is 0 Å². The summed E-state index contributed by atoms with van der Waals surface area (Å²) in [5, 5.41) is 4.20. The van der Waals surface area contributed by atoms with Crippen molar-refractivity contribution in [3.05, 3.63) is 33.8 Å². The summed E-state index contributed by atoms with van der Waals surface area (Å²) in [6.45, 7) is 4.60. The third-order valence-electron chi connectivity index (χ3n) is 2.76. The highest BCUT2D eigenvalue weighted by molar-refractivity contribution is 6.42. The fraction of sp³-hybridized carbons (Fsp3) is 0.500. The lowest BCUT2D eigenvalue weighted by Crippen LogP contribution is -2.38. The van der Waals surface area contributed by atoms with E-state index in [0.29, 0.717) is 28.9 Å². The Balaban J connectivity index is 2.70. The normalized spacial score (nSPS) is 12.5. The number of rotatable bonds is 6. The van der Waals surface area contributed by atoms with Crippen LogP contribution in [0.4, 0.5) is 0 Å². The van der Waals surface area contributed by atoms with Gasteiger partial charge in [-0.3, -0.25) is 4.79 Å². The zero-order chi connectivity index (χ0) is 14.4. The summed E-state index contributed by atoms with van der Waals surface area (Å²) in [5.41, 5.74) is 0.867. The summed E-state index contributed by atoms with van der Waals surface area (Å²) in [6, 6.07) is 5.12. The lowest BCUT2D eigenvalue weighted by atomic mass is 10.0. The highest BCUT2D eigenvalue weighted by Crippen LogP contribution is 2.25. The second kappa shape index (κ2) is 7.73. The summed E-state index contributed by atoms with van der Waals surface area (Å²) < 4.78 is 4.80. The van der Waals surface area contributed by atoms with Gasteiger partial charge in [-0.2, -0.15) is 0 Å². The molecule has 5 heteroatoms. The largest absolute Gasteiger partial charge is 0.468 e. The van der Waals surface area contributed by atoms with Gasteiger partial charge in [-0.25, -0.2) is 0 Å². The minimum absolute atomic E-state index is 0.258. The van der Waals surface area contributed by atoms with Crippen molar-refractivity contribution in [2.45, 2.75) is 32.9 Å². The average Bonchev–Trinajstić information content (AvgIpc) is 2.37. The molecule has 1 aromatic carbocycles. The summed E-state index contributed by atoms with van der Waals surface area (Å²) >= 11 is 12.1. The molecule has 0 aliphatic heterocycles. The summed E-state index contributed by atoms with van der Waals surface area (Å²) in [4.78, 5) is 11.7. The number of hydrogen-bond acceptors (Lipinski definition) is 3. The maximum Gasteiger partial charge on any atom is 0.322 e. The molecule has 0 bridgehead atoms. The van der Waals surface area contributed by atoms with Crippen LogP contribution in [0.5, 0.6) is 0 Å². The number of carbonyl (C=O) groups excluding carboxylic acids is 1. The maximum absolute atomic E-state index is 11.7. The first-order chi connectivity index (χ1) is 8.95. The van der Waals surface area contributed by atoms with Crippen LogP contribution in [-0.4, -0.2) is 19.1 Å². The number of hydrogen-bond donors (Lipinski definition) is 1. The molecule has 0 fully saturated rings. The molecular weight excluding hydrogens is 285 g/mol. The van der Waals surface area contributed by atoms with Crippen molar-refractivity contribution in [3.8, 4) is 0 Å². The summed E-state index contributed by atoms with van der Waals surface area (Å²) in [7, 11) is 1.39. The standard InChI is InChI=1S/C14H19Cl2NO2/c1-9(2)7-12(14(18)19-3)17-8-10-5-4-6-11(15)13(10)16/h4-6,9,12,17H,7-8H2,1-3H3. The first kappa shape index (κ1) is 16.3. The second-order valence-corrected chi connectivity index (χ2v) is 5.58. The van der Waals surface area contributed by atoms with Crippen molar-refractivity contribution >= 4 is 29.2 Å². The topological polar surface area (TPSA) is 38.3 Å². The van der Waals surface area contributed by atoms with Gasteiger partial charge in [0.05, 0.1) is 17.2 Å². The molecule has 3 nitrogen and oxygen atoms in total. The van der Waals surface area contributed by atoms with Crippen LogP contribution in [0.25, 0.3) is 0 Å². The summed E-state index contributed by atoms with van der Waals surface area (Å²) in [6.07, 6.45) is 0.713. The molecule has 1 rings (SSSR count). The number of halogens is 2. The van der Waals surface area contributed by atoms with Crippen LogP contribution in [0.1, 0.15) is 25.8 Å². The van der Waals surface area contributed by atoms with Crippen molar-refractivity contribution in [2.75, 3.05) is 7.11 Å². The van der Waals surface area contributed by atoms with Gasteiger partial charge in [-0.05, 0) is 24.0 Å². The number of nitrogens with one attached hydrogen (secondary N) is 1. The fourth-order valence-corrected chi connectivity index (χ4v) is 2.18. The van der Waals surface area contributed by atoms with E-state index in [-0.39, 0.29) is 12.0 Å². The minimum atomic E-state index is -0.333. The van der Waals surface area contributed by atoms with Gasteiger partial charge in [0.2, 0.25) is 0 Å². The third-order valence-corrected chi connectivity index (χ3v) is 3.62. The fourth-order valence-electron chi connectivity index (χ4n) is 1.79. The molecule has 0 amide bonds. The van der Waals surface area contributed by atoms with Crippen LogP contribution in [0, 0.1) is 5.92 Å². The van der Waals surface area contributed by atoms with Crippen LogP contribution in [0.3, 0.4) is 0 Å². The molecule has 0 aliphatic rings. The zero-order valence-corrected chi connectivity index (χ0v) is 12.9. The predicted octanol–water partition coefficient (Wildman–Crippen LogP) is 3.67. The van der Waals surface area contributed by atoms with Gasteiger partial charge in [-0.15, -0.1) is 0 Å². The number of esters is 1. The van der Waals surface area contributed by atoms with Crippen molar-refractivity contribution in [2.24, 2.45) is 5.92 Å². The third kappa shape index (κ3) is 5.01. The number of carbonyl (C=O) groups is 1. The molecule has 1 N–H and O–H groups in total. The van der Waals surface area contributed by atoms with Gasteiger partial charge in [0.1, 0.15) is 6.04 Å². The zero-order valence-electron chi connectivity index (χ0n) is 11.4. The van der Waals surface area contributed by atoms with Gasteiger partial charge in [0.15, 0.2) is 0 Å². The summed E-state index contributed by atoms with van der Waals surface area (Å²) in [5.74, 6) is 0.137. The van der Waals surface area contributed by atoms with E-state index in [2.05, 4.69) is 19.2 Å². The molecule has 106 valence electrons. The second-order valence-electron chi connectivity index (χ2n) is 4.80. The van der Waals surface area contributed by atoms with E-state index in [1.54, 1.807) is 6.07 Å². The van der Waals surface area contributed by atoms with Crippen LogP contribution >= 0.6 is 23.2 Å². The number of benzene rings is 1. The Morgan fingerprint density at radius 3 is 2.63 bits per heavy atom. The lowest BCUT2D eigenvalue weighted by Gasteiger charge is -2.18. The Morgan fingerprint density at radius 2 is 2.05 bits per heavy atom. The molecule has 0 saturated carbocycles. The van der Waals surface area contributed by atoms with E-state index in [9.17, 15) is 4.79 Å². The SMILES string of the molecule is COC(=O)C(CC(C)C)NCc1cccc(Cl)c1Cl. The molecule has 1 unspecified atom stereocenters. The van der Waals surface area contributed by atoms with Gasteiger partial charge >= 0.3 is 5.97 Å². The van der Waals surface area contributed by atoms with Gasteiger partial charge < -0.3 is 10.1 Å². The molecule has 1 aromatic rings. The average molecular weight is 304 g/mol. The molecule has 0 aliphatic carbocycles. The van der Waals surface area contributed by atoms with E-state index in [1.807, 2.05) is 12.1 Å². The Hall–Kier alpha value is -0.770. The van der Waals surface area contributed by atoms with Gasteiger partial charge in [0.25, 0.3) is 0 Å². The van der Waals surface area contributed by atoms with E-state index in [4.69, 9.17) is 27.9 Å². The molecule has 0 aromatic heterocycles. The molecule has 0 radical (unpaired) electrons. The molecule has 1 atom stereocenters. The first-order valence-electron chi connectivity index (χ1n) is 6.19. The van der Waals surface area contributed by atoms with Crippen LogP contribution < -0.4 is 5.32 Å². The molecule has 0 saturated heterocycles. The quantitative estimate of drug-likeness (QED) is 0.815. The highest BCUT2D eigenvalue weighted by Gasteiger charge is 2.20. The molecule has 19 heavy (non-hydrogen) atoms. The number of methoxy groups -OCH3 is 1. The molecule has 0 spiro atoms. The smallest absolute Gasteiger partial charge is 0.322 e. The lowest BCUT2D eigenvalue weighted by molar-refractivity contribution is -0.143. The number of ether oxygens (including phenoxy) is 1. The van der Waals surface area contributed by atoms with E-state index >= 15 is 0 Å². The Morgan fingerprint density at radius 1 is 1.37 bits per heavy atom. The van der Waals surface area contributed by atoms with E-state index < -0.39 is 0 Å². The van der Waals surface area contributed by atoms with Crippen LogP contribution in [0.15, 0.2) is 18.2 Å². The monoisotopic (exact) mass is 303 g/mol. The van der Waals surface area contributed by atoms with Crippen molar-refractivity contribution in [1.82, 2.24) is 5.32 Å². The molecule has 0 heterocycles. The Labute approximate surface area is 124 Å². The van der Waals surface area contributed by atoms with Crippen molar-refractivity contribution in [3.63, 3.8) is 0 Å². The van der Waals surface area contributed by atoms with Gasteiger partial charge in [0, 0.05) is 6.54 Å². The van der Waals surface area contributed by atoms with Crippen LogP contribution in [-0.2, 0) is 16.1 Å². The van der Waals surface area contributed by atoms with Crippen molar-refractivity contribution < 1.29 is 9.53 Å². The Bertz CT molecular complexity index is 435. The maximum atomic E-state index is 11.7. The van der Waals surface area contributed by atoms with Crippen LogP contribution in [0.2, 0.25) is 10.0 Å². The Kier molecular flexibility index (Phi) is 6.63. The highest BCUT2D eigenvalue weighted by atomic mass is 35.5. The first-order valence-corrected chi connectivity index (χ1v) is 6.95. The van der Waals surface area contributed by atoms with E-state index in [0.717, 1.165) is 5.56 Å². The van der Waals surface area contributed by atoms with Gasteiger partial charge in [-0.1, -0.05) is 49.2 Å². The predicted molar refractivity (Wildman–Crippen MR) is 78.6 cm³/mol. The molecular formula is C14H19Cl2NO2. The minimum Gasteiger partial charge on any atom is -0.468 e.